The Morgan fingerprint density at radius 3 is 2.36 bits per heavy atom. The summed E-state index contributed by atoms with van der Waals surface area (Å²) in [5.41, 5.74) is 0. The topological polar surface area (TPSA) is 0 Å². The minimum atomic E-state index is 1.15. The molecule has 0 N–H and O–H groups in total. The van der Waals surface area contributed by atoms with Gasteiger partial charge in [0.15, 0.2) is 0 Å². The number of unbranched alkanes of at least 4 members (excludes halogenated alkanes) is 4. The number of hydrogen-bond acceptors (Lipinski definition) is 0. The van der Waals surface area contributed by atoms with Gasteiger partial charge in [0.25, 0.3) is 0 Å². The van der Waals surface area contributed by atoms with Crippen molar-refractivity contribution in [3.05, 3.63) is 12.2 Å². The third-order valence-corrected chi connectivity index (χ3v) is 1.38. The van der Waals surface area contributed by atoms with Crippen LogP contribution in [0.5, 0.6) is 0 Å². The van der Waals surface area contributed by atoms with Crippen LogP contribution in [0.2, 0.25) is 0 Å². The first kappa shape index (κ1) is 14.6. The molecule has 0 saturated carbocycles. The van der Waals surface area contributed by atoms with Crippen LogP contribution >= 0.6 is 19.8 Å². The van der Waals surface area contributed by atoms with E-state index < -0.39 is 0 Å². The molecule has 0 aromatic carbocycles. The Bertz CT molecular complexity index is 72.0. The molecule has 0 rings (SSSR count). The van der Waals surface area contributed by atoms with Gasteiger partial charge in [0.1, 0.15) is 0 Å². The third kappa shape index (κ3) is 18.2. The molecule has 0 aliphatic rings. The van der Waals surface area contributed by atoms with Crippen molar-refractivity contribution in [2.24, 2.45) is 0 Å². The van der Waals surface area contributed by atoms with Gasteiger partial charge in [-0.3, -0.25) is 6.08 Å². The van der Waals surface area contributed by atoms with Gasteiger partial charge in [-0.25, -0.2) is 0 Å². The zero-order valence-corrected chi connectivity index (χ0v) is 12.8. The van der Waals surface area contributed by atoms with Gasteiger partial charge in [0.05, 0.1) is 0 Å². The molecule has 0 amide bonds. The first-order chi connectivity index (χ1) is 5.41. The van der Waals surface area contributed by atoms with Gasteiger partial charge in [-0.05, 0) is 0 Å². The van der Waals surface area contributed by atoms with Crippen molar-refractivity contribution in [2.45, 2.75) is 46.0 Å². The number of allylic oxidation sites excluding steroid dienone is 2. The molecule has 0 aliphatic carbocycles. The molecule has 0 aliphatic heterocycles. The molecule has 0 unspecified atom stereocenters. The van der Waals surface area contributed by atoms with E-state index in [4.69, 9.17) is 0 Å². The summed E-state index contributed by atoms with van der Waals surface area (Å²) in [6, 6.07) is 0. The molecule has 0 aromatic rings. The Kier molecular flexibility index (Phi) is 22.9. The maximum atomic E-state index is 3.18. The summed E-state index contributed by atoms with van der Waals surface area (Å²) in [4.78, 5) is 0. The molecule has 0 aromatic heterocycles. The van der Waals surface area contributed by atoms with Crippen LogP contribution in [-0.2, 0) is 14.8 Å². The number of hydrogen-bond donors (Lipinski definition) is 0. The van der Waals surface area contributed by atoms with Crippen LogP contribution < -0.4 is 0 Å². The van der Waals surface area contributed by atoms with Crippen molar-refractivity contribution in [1.29, 1.82) is 0 Å². The molecule has 0 radical (unpaired) electrons. The summed E-state index contributed by atoms with van der Waals surface area (Å²) in [6.45, 7) is 4.26. The van der Waals surface area contributed by atoms with Gasteiger partial charge >= 0.3 is 34.5 Å². The summed E-state index contributed by atoms with van der Waals surface area (Å²) < 4.78 is 0. The summed E-state index contributed by atoms with van der Waals surface area (Å²) in [6.07, 6.45) is 11.7. The summed E-state index contributed by atoms with van der Waals surface area (Å²) >= 11 is 3.62. The van der Waals surface area contributed by atoms with Crippen molar-refractivity contribution in [3.63, 3.8) is 0 Å². The molecule has 0 nitrogen and oxygen atoms in total. The quantitative estimate of drug-likeness (QED) is 0.308. The predicted octanol–water partition coefficient (Wildman–Crippen LogP) is 4.22. The van der Waals surface area contributed by atoms with E-state index in [2.05, 4.69) is 32.7 Å². The van der Waals surface area contributed by atoms with E-state index >= 15 is 0 Å². The Labute approximate surface area is 92.1 Å². The van der Waals surface area contributed by atoms with Crippen molar-refractivity contribution >= 4 is 19.8 Å². The molecular formula is C9H17IZn. The van der Waals surface area contributed by atoms with Gasteiger partial charge in [0, 0.05) is 0 Å². The number of rotatable bonds is 5. The van der Waals surface area contributed by atoms with Crippen LogP contribution in [0.1, 0.15) is 46.0 Å². The average Bonchev–Trinajstić information content (AvgIpc) is 2.08. The predicted molar refractivity (Wildman–Crippen MR) is 56.3 cm³/mol. The van der Waals surface area contributed by atoms with Crippen molar-refractivity contribution in [1.82, 2.24) is 0 Å². The Hall–Kier alpha value is 1.09. The van der Waals surface area contributed by atoms with E-state index in [9.17, 15) is 0 Å². The average molecular weight is 318 g/mol. The molecule has 0 heterocycles. The van der Waals surface area contributed by atoms with Crippen LogP contribution in [0.25, 0.3) is 0 Å². The van der Waals surface area contributed by atoms with Crippen LogP contribution in [0.4, 0.5) is 0 Å². The fraction of sp³-hybridized carbons (Fsp3) is 0.778. The monoisotopic (exact) mass is 316 g/mol. The van der Waals surface area contributed by atoms with Crippen molar-refractivity contribution in [3.8, 4) is 0 Å². The van der Waals surface area contributed by atoms with Crippen molar-refractivity contribution in [2.75, 3.05) is 0 Å². The first-order valence-corrected chi connectivity index (χ1v) is 13.2. The van der Waals surface area contributed by atoms with Crippen LogP contribution in [0.3, 0.4) is 0 Å². The molecular weight excluding hydrogens is 300 g/mol. The molecule has 0 bridgehead atoms. The van der Waals surface area contributed by atoms with Crippen molar-refractivity contribution < 1.29 is 14.8 Å². The van der Waals surface area contributed by atoms with Gasteiger partial charge in [-0.1, -0.05) is 39.5 Å². The fourth-order valence-corrected chi connectivity index (χ4v) is 0.798. The standard InChI is InChI=1S/C9H17.HI.Zn/c1-3-5-7-9-8-6-4-2;;/h3H,4,6-9H2,1-2H3;1H;/q-1;;+2/p-1. The van der Waals surface area contributed by atoms with Crippen LogP contribution in [0.15, 0.2) is 6.08 Å². The molecule has 62 valence electrons. The SMILES string of the molecule is CC=[C-]CCCCCC.[Zn+][I]. The number of halogens is 1. The van der Waals surface area contributed by atoms with Gasteiger partial charge in [-0.2, -0.15) is 6.42 Å². The van der Waals surface area contributed by atoms with Crippen LogP contribution in [-0.4, -0.2) is 0 Å². The second-order valence-corrected chi connectivity index (χ2v) is 2.30. The summed E-state index contributed by atoms with van der Waals surface area (Å²) in [7, 11) is 0. The minimum absolute atomic E-state index is 1.15. The van der Waals surface area contributed by atoms with Gasteiger partial charge in [0.2, 0.25) is 0 Å². The van der Waals surface area contributed by atoms with Crippen LogP contribution in [0, 0.1) is 6.08 Å². The maximum absolute atomic E-state index is 3.18. The molecule has 0 spiro atoms. The zero-order valence-electron chi connectivity index (χ0n) is 7.70. The third-order valence-electron chi connectivity index (χ3n) is 1.38. The van der Waals surface area contributed by atoms with Gasteiger partial charge in [-0.15, -0.1) is 0 Å². The molecule has 0 saturated heterocycles. The second-order valence-electron chi connectivity index (χ2n) is 2.30. The Balaban J connectivity index is 0. The van der Waals surface area contributed by atoms with E-state index in [1.165, 1.54) is 40.5 Å². The normalized spacial score (nSPS) is 9.55. The van der Waals surface area contributed by atoms with E-state index in [1.807, 2.05) is 13.0 Å². The van der Waals surface area contributed by atoms with E-state index in [1.54, 1.807) is 0 Å². The fourth-order valence-electron chi connectivity index (χ4n) is 0.798. The van der Waals surface area contributed by atoms with Gasteiger partial charge < -0.3 is 6.08 Å². The second kappa shape index (κ2) is 17.3. The molecule has 2 heteroatoms. The Morgan fingerprint density at radius 2 is 1.91 bits per heavy atom. The van der Waals surface area contributed by atoms with E-state index in [0.29, 0.717) is 0 Å². The zero-order chi connectivity index (χ0) is 8.95. The molecule has 11 heavy (non-hydrogen) atoms. The Morgan fingerprint density at radius 1 is 1.27 bits per heavy atom. The van der Waals surface area contributed by atoms with E-state index in [-0.39, 0.29) is 0 Å². The summed E-state index contributed by atoms with van der Waals surface area (Å²) in [5.74, 6) is 0. The molecule has 0 atom stereocenters. The van der Waals surface area contributed by atoms with E-state index in [0.717, 1.165) is 6.42 Å². The molecule has 0 fully saturated rings. The first-order valence-electron chi connectivity index (χ1n) is 4.19. The summed E-state index contributed by atoms with van der Waals surface area (Å²) in [5, 5.41) is 0.